The normalized spacial score (nSPS) is 13.4. The number of hydrogen-bond acceptors (Lipinski definition) is 4. The molecule has 1 rings (SSSR count). The van der Waals surface area contributed by atoms with Gasteiger partial charge in [0.05, 0.1) is 9.92 Å². The molecule has 0 aliphatic heterocycles. The molecule has 0 radical (unpaired) electrons. The second-order valence-corrected chi connectivity index (χ2v) is 8.09. The van der Waals surface area contributed by atoms with E-state index in [1.807, 2.05) is 13.2 Å². The minimum Gasteiger partial charge on any atom is -0.389 e. The van der Waals surface area contributed by atoms with Gasteiger partial charge in [0.15, 0.2) is 0 Å². The molecule has 0 saturated heterocycles. The predicted octanol–water partition coefficient (Wildman–Crippen LogP) is 2.35. The zero-order chi connectivity index (χ0) is 15.5. The molecule has 0 heterocycles. The highest BCUT2D eigenvalue weighted by atomic mass is 35.5. The van der Waals surface area contributed by atoms with Gasteiger partial charge in [0.1, 0.15) is 4.99 Å². The van der Waals surface area contributed by atoms with Gasteiger partial charge in [-0.25, -0.2) is 8.42 Å². The van der Waals surface area contributed by atoms with Crippen molar-refractivity contribution in [3.8, 4) is 0 Å². The first-order valence-electron chi connectivity index (χ1n) is 5.78. The maximum absolute atomic E-state index is 12.5. The van der Waals surface area contributed by atoms with Crippen LogP contribution in [0.4, 0.5) is 0 Å². The Labute approximate surface area is 134 Å². The lowest BCUT2D eigenvalue weighted by Gasteiger charge is -2.24. The predicted molar refractivity (Wildman–Crippen MR) is 90.1 cm³/mol. The number of halogens is 1. The van der Waals surface area contributed by atoms with Crippen LogP contribution < -0.4 is 5.73 Å². The molecule has 112 valence electrons. The van der Waals surface area contributed by atoms with Gasteiger partial charge in [-0.05, 0) is 31.4 Å². The molecule has 1 atom stereocenters. The van der Waals surface area contributed by atoms with Gasteiger partial charge >= 0.3 is 0 Å². The number of hydrogen-bond donors (Lipinski definition) is 1. The van der Waals surface area contributed by atoms with Crippen molar-refractivity contribution in [2.75, 3.05) is 19.1 Å². The summed E-state index contributed by atoms with van der Waals surface area (Å²) < 4.78 is 26.3. The van der Waals surface area contributed by atoms with Crippen molar-refractivity contribution in [3.63, 3.8) is 0 Å². The highest BCUT2D eigenvalue weighted by molar-refractivity contribution is 7.98. The summed E-state index contributed by atoms with van der Waals surface area (Å²) in [5.41, 5.74) is 5.98. The molecule has 2 N–H and O–H groups in total. The van der Waals surface area contributed by atoms with E-state index in [1.54, 1.807) is 18.8 Å². The summed E-state index contributed by atoms with van der Waals surface area (Å²) in [5.74, 6) is 0.717. The molecule has 20 heavy (non-hydrogen) atoms. The Morgan fingerprint density at radius 1 is 1.55 bits per heavy atom. The summed E-state index contributed by atoms with van der Waals surface area (Å²) in [5, 5.41) is 0.240. The van der Waals surface area contributed by atoms with E-state index in [9.17, 15) is 8.42 Å². The molecule has 1 aromatic rings. The minimum atomic E-state index is -3.57. The smallest absolute Gasteiger partial charge is 0.243 e. The molecule has 0 amide bonds. The molecule has 0 aliphatic rings. The van der Waals surface area contributed by atoms with Crippen molar-refractivity contribution in [2.45, 2.75) is 17.9 Å². The fourth-order valence-electron chi connectivity index (χ4n) is 1.61. The number of thioether (sulfide) groups is 1. The van der Waals surface area contributed by atoms with Crippen LogP contribution in [0.15, 0.2) is 23.1 Å². The SMILES string of the molecule is CSCC(C)N(C)S(=O)(=O)c1ccc(C(N)=S)c(Cl)c1. The Morgan fingerprint density at radius 3 is 2.60 bits per heavy atom. The van der Waals surface area contributed by atoms with E-state index in [4.69, 9.17) is 29.6 Å². The van der Waals surface area contributed by atoms with Crippen LogP contribution >= 0.6 is 35.6 Å². The molecular weight excluding hydrogens is 336 g/mol. The molecule has 1 unspecified atom stereocenters. The average Bonchev–Trinajstić information content (AvgIpc) is 2.37. The van der Waals surface area contributed by atoms with Crippen molar-refractivity contribution >= 4 is 50.6 Å². The van der Waals surface area contributed by atoms with Crippen molar-refractivity contribution < 1.29 is 8.42 Å². The fraction of sp³-hybridized carbons (Fsp3) is 0.417. The minimum absolute atomic E-state index is 0.107. The zero-order valence-corrected chi connectivity index (χ0v) is 14.7. The monoisotopic (exact) mass is 352 g/mol. The lowest BCUT2D eigenvalue weighted by Crippen LogP contribution is -2.36. The third-order valence-electron chi connectivity index (χ3n) is 2.91. The van der Waals surface area contributed by atoms with E-state index in [1.165, 1.54) is 22.5 Å². The molecule has 0 aromatic heterocycles. The molecule has 0 spiro atoms. The molecule has 1 aromatic carbocycles. The highest BCUT2D eigenvalue weighted by Gasteiger charge is 2.25. The van der Waals surface area contributed by atoms with Crippen molar-refractivity contribution in [1.29, 1.82) is 0 Å². The molecule has 0 fully saturated rings. The summed E-state index contributed by atoms with van der Waals surface area (Å²) in [7, 11) is -2.01. The Kier molecular flexibility index (Phi) is 6.27. The number of rotatable bonds is 6. The number of nitrogens with two attached hydrogens (primary N) is 1. The number of sulfonamides is 1. The van der Waals surface area contributed by atoms with Gasteiger partial charge in [0.2, 0.25) is 10.0 Å². The van der Waals surface area contributed by atoms with Crippen LogP contribution in [0.2, 0.25) is 5.02 Å². The van der Waals surface area contributed by atoms with Crippen molar-refractivity contribution in [2.24, 2.45) is 5.73 Å². The van der Waals surface area contributed by atoms with Crippen LogP contribution in [0.1, 0.15) is 12.5 Å². The largest absolute Gasteiger partial charge is 0.389 e. The van der Waals surface area contributed by atoms with E-state index in [0.717, 1.165) is 0 Å². The highest BCUT2D eigenvalue weighted by Crippen LogP contribution is 2.24. The van der Waals surface area contributed by atoms with E-state index in [2.05, 4.69) is 0 Å². The van der Waals surface area contributed by atoms with Gasteiger partial charge in [0.25, 0.3) is 0 Å². The second-order valence-electron chi connectivity index (χ2n) is 4.33. The number of benzene rings is 1. The Hall–Kier alpha value is -0.340. The summed E-state index contributed by atoms with van der Waals surface area (Å²) in [6.07, 6.45) is 1.94. The third kappa shape index (κ3) is 3.85. The fourth-order valence-corrected chi connectivity index (χ4v) is 4.37. The van der Waals surface area contributed by atoms with E-state index >= 15 is 0 Å². The summed E-state index contributed by atoms with van der Waals surface area (Å²) in [6, 6.07) is 4.28. The van der Waals surface area contributed by atoms with Crippen LogP contribution in [0.5, 0.6) is 0 Å². The number of thiocarbonyl (C=S) groups is 1. The standard InChI is InChI=1S/C12H17ClN2O2S3/c1-8(7-19-3)15(2)20(16,17)9-4-5-10(12(14)18)11(13)6-9/h4-6,8H,7H2,1-3H3,(H2,14,18). The maximum atomic E-state index is 12.5. The van der Waals surface area contributed by atoms with Crippen molar-refractivity contribution in [3.05, 3.63) is 28.8 Å². The van der Waals surface area contributed by atoms with E-state index in [0.29, 0.717) is 11.3 Å². The number of nitrogens with zero attached hydrogens (tertiary/aromatic N) is 1. The van der Waals surface area contributed by atoms with Gasteiger partial charge in [-0.3, -0.25) is 0 Å². The molecule has 0 aliphatic carbocycles. The Bertz CT molecular complexity index is 605. The Balaban J connectivity index is 3.16. The first-order chi connectivity index (χ1) is 9.21. The molecule has 0 saturated carbocycles. The molecule has 4 nitrogen and oxygen atoms in total. The van der Waals surface area contributed by atoms with Crippen LogP contribution in [0, 0.1) is 0 Å². The lowest BCUT2D eigenvalue weighted by atomic mass is 10.2. The zero-order valence-electron chi connectivity index (χ0n) is 11.5. The Morgan fingerprint density at radius 2 is 2.15 bits per heavy atom. The molecular formula is C12H17ClN2O2S3. The van der Waals surface area contributed by atoms with Crippen molar-refractivity contribution in [1.82, 2.24) is 4.31 Å². The summed E-state index contributed by atoms with van der Waals surface area (Å²) in [6.45, 7) is 1.86. The van der Waals surface area contributed by atoms with Gasteiger partial charge in [-0.1, -0.05) is 23.8 Å². The van der Waals surface area contributed by atoms with E-state index < -0.39 is 10.0 Å². The van der Waals surface area contributed by atoms with E-state index in [-0.39, 0.29) is 20.9 Å². The van der Waals surface area contributed by atoms with Gasteiger partial charge in [-0.15, -0.1) is 0 Å². The molecule has 0 bridgehead atoms. The average molecular weight is 353 g/mol. The molecule has 8 heteroatoms. The van der Waals surface area contributed by atoms with Gasteiger partial charge in [0, 0.05) is 24.4 Å². The van der Waals surface area contributed by atoms with Crippen LogP contribution in [-0.4, -0.2) is 42.8 Å². The topological polar surface area (TPSA) is 63.4 Å². The first kappa shape index (κ1) is 17.7. The lowest BCUT2D eigenvalue weighted by molar-refractivity contribution is 0.415. The van der Waals surface area contributed by atoms with Gasteiger partial charge < -0.3 is 5.73 Å². The summed E-state index contributed by atoms with van der Waals surface area (Å²) >= 11 is 12.5. The second kappa shape index (κ2) is 7.09. The third-order valence-corrected chi connectivity index (χ3v) is 6.23. The van der Waals surface area contributed by atoms with Crippen LogP contribution in [-0.2, 0) is 10.0 Å². The first-order valence-corrected chi connectivity index (χ1v) is 9.40. The summed E-state index contributed by atoms with van der Waals surface area (Å²) in [4.78, 5) is 0.279. The maximum Gasteiger partial charge on any atom is 0.243 e. The quantitative estimate of drug-likeness (QED) is 0.796. The van der Waals surface area contributed by atoms with Gasteiger partial charge in [-0.2, -0.15) is 16.1 Å². The van der Waals surface area contributed by atoms with Crippen LogP contribution in [0.3, 0.4) is 0 Å². The van der Waals surface area contributed by atoms with Crippen LogP contribution in [0.25, 0.3) is 0 Å².